The second-order valence-corrected chi connectivity index (χ2v) is 13.6. The van der Waals surface area contributed by atoms with E-state index in [1.807, 2.05) is 13.0 Å². The Bertz CT molecular complexity index is 1740. The van der Waals surface area contributed by atoms with Gasteiger partial charge in [-0.2, -0.15) is 0 Å². The van der Waals surface area contributed by atoms with E-state index < -0.39 is 73.2 Å². The Labute approximate surface area is 283 Å². The number of fused-ring (bicyclic) bond motifs is 4. The Hall–Kier alpha value is -3.46. The van der Waals surface area contributed by atoms with Crippen LogP contribution in [0, 0.1) is 6.92 Å². The molecule has 11 atom stereocenters. The third-order valence-corrected chi connectivity index (χ3v) is 10.0. The fourth-order valence-electron chi connectivity index (χ4n) is 7.41. The van der Waals surface area contributed by atoms with Gasteiger partial charge in [0.15, 0.2) is 24.1 Å². The highest BCUT2D eigenvalue weighted by Gasteiger charge is 2.44. The predicted octanol–water partition coefficient (Wildman–Crippen LogP) is 3.66. The van der Waals surface area contributed by atoms with Gasteiger partial charge in [-0.15, -0.1) is 0 Å². The Morgan fingerprint density at radius 1 is 0.735 bits per heavy atom. The van der Waals surface area contributed by atoms with E-state index in [-0.39, 0.29) is 52.7 Å². The smallest absolute Gasteiger partial charge is 0.202 e. The zero-order chi connectivity index (χ0) is 34.7. The third-order valence-electron chi connectivity index (χ3n) is 10.0. The van der Waals surface area contributed by atoms with Gasteiger partial charge >= 0.3 is 0 Å². The van der Waals surface area contributed by atoms with Crippen LogP contribution < -0.4 is 4.74 Å². The van der Waals surface area contributed by atoms with Crippen LogP contribution in [-0.2, 0) is 23.7 Å². The molecule has 12 nitrogen and oxygen atoms in total. The molecule has 0 unspecified atom stereocenters. The summed E-state index contributed by atoms with van der Waals surface area (Å²) in [6.07, 6.45) is -6.86. The van der Waals surface area contributed by atoms with E-state index in [1.165, 1.54) is 0 Å². The number of aromatic hydroxyl groups is 1. The van der Waals surface area contributed by atoms with Crippen molar-refractivity contribution in [2.24, 2.45) is 0 Å². The quantitative estimate of drug-likeness (QED) is 0.234. The fourth-order valence-corrected chi connectivity index (χ4v) is 7.41. The van der Waals surface area contributed by atoms with Crippen LogP contribution in [0.1, 0.15) is 83.9 Å². The minimum absolute atomic E-state index is 0.00375. The molecule has 262 valence electrons. The van der Waals surface area contributed by atoms with Crippen molar-refractivity contribution in [3.8, 4) is 11.5 Å². The zero-order valence-corrected chi connectivity index (χ0v) is 27.8. The van der Waals surface area contributed by atoms with Gasteiger partial charge in [0.25, 0.3) is 0 Å². The van der Waals surface area contributed by atoms with Crippen molar-refractivity contribution >= 4 is 22.3 Å². The van der Waals surface area contributed by atoms with Crippen LogP contribution >= 0.6 is 0 Å². The van der Waals surface area contributed by atoms with Gasteiger partial charge in [0.2, 0.25) is 6.29 Å². The average Bonchev–Trinajstić information content (AvgIpc) is 3.05. The SMILES string of the molecule is Cc1cc(O)c2c3c(ccc2c1)C(=O)c1c(O[C@H]2C[C@@H](O)[C@H](O[C@H]4C[C@@H](O[C@H]5CC[C@H](O)[C@H](C)O5)[C@H](O)[C@@H](C)O4)[C@@H](C)O2)cccc1C3=O. The molecule has 0 aromatic heterocycles. The van der Waals surface area contributed by atoms with Crippen LogP contribution in [0.5, 0.6) is 11.5 Å². The van der Waals surface area contributed by atoms with E-state index in [1.54, 1.807) is 57.2 Å². The van der Waals surface area contributed by atoms with E-state index in [9.17, 15) is 30.0 Å². The second-order valence-electron chi connectivity index (χ2n) is 13.6. The van der Waals surface area contributed by atoms with Crippen LogP contribution in [0.3, 0.4) is 0 Å². The summed E-state index contributed by atoms with van der Waals surface area (Å²) in [5, 5.41) is 43.7. The maximum Gasteiger partial charge on any atom is 0.202 e. The molecule has 3 heterocycles. The molecule has 4 N–H and O–H groups in total. The zero-order valence-electron chi connectivity index (χ0n) is 27.8. The fraction of sp³-hybridized carbons (Fsp3) is 0.514. The summed E-state index contributed by atoms with van der Waals surface area (Å²) in [6, 6.07) is 11.5. The van der Waals surface area contributed by atoms with Crippen molar-refractivity contribution in [1.29, 1.82) is 0 Å². The predicted molar refractivity (Wildman–Crippen MR) is 174 cm³/mol. The second kappa shape index (κ2) is 13.3. The number of carbonyl (C=O) groups is 2. The molecule has 3 fully saturated rings. The molecule has 0 radical (unpaired) electrons. The van der Waals surface area contributed by atoms with Gasteiger partial charge in [0, 0.05) is 41.3 Å². The molecule has 3 aromatic carbocycles. The lowest BCUT2D eigenvalue weighted by atomic mass is 9.81. The standard InChI is InChI=1S/C37H42O12/c1-16-12-20-8-9-22-33(31(20)24(39)13-16)36(43)21-6-5-7-26(32(21)35(22)42)47-29-14-25(40)37(19(4)46-29)49-30-15-27(34(41)18(3)45-30)48-28-11-10-23(38)17(2)44-28/h5-9,12-13,17-19,23,25,27-30,34,37-41H,10-11,14-15H2,1-4H3/t17-,18+,19+,23-,25+,27+,28-,29-,30-,34+,37+/m0/s1. The Morgan fingerprint density at radius 3 is 2.20 bits per heavy atom. The molecular weight excluding hydrogens is 636 g/mol. The highest BCUT2D eigenvalue weighted by atomic mass is 16.7. The van der Waals surface area contributed by atoms with Crippen LogP contribution in [0.4, 0.5) is 0 Å². The van der Waals surface area contributed by atoms with Gasteiger partial charge < -0.3 is 48.8 Å². The first-order chi connectivity index (χ1) is 23.4. The largest absolute Gasteiger partial charge is 0.507 e. The van der Waals surface area contributed by atoms with Crippen molar-refractivity contribution in [2.75, 3.05) is 0 Å². The summed E-state index contributed by atoms with van der Waals surface area (Å²) in [5.41, 5.74) is 1.39. The van der Waals surface area contributed by atoms with Gasteiger partial charge in [-0.05, 0) is 63.3 Å². The van der Waals surface area contributed by atoms with E-state index in [0.29, 0.717) is 23.6 Å². The summed E-state index contributed by atoms with van der Waals surface area (Å²) >= 11 is 0. The Kier molecular flexibility index (Phi) is 9.26. The van der Waals surface area contributed by atoms with Crippen molar-refractivity contribution < 1.29 is 58.4 Å². The van der Waals surface area contributed by atoms with Crippen molar-refractivity contribution in [1.82, 2.24) is 0 Å². The number of phenolic OH excluding ortho intramolecular Hbond substituents is 1. The number of ketones is 2. The Morgan fingerprint density at radius 2 is 1.45 bits per heavy atom. The van der Waals surface area contributed by atoms with Gasteiger partial charge in [0.05, 0.1) is 42.2 Å². The number of phenols is 1. The number of hydrogen-bond acceptors (Lipinski definition) is 12. The topological polar surface area (TPSA) is 170 Å². The van der Waals surface area contributed by atoms with E-state index >= 15 is 0 Å². The molecule has 3 aliphatic heterocycles. The monoisotopic (exact) mass is 678 g/mol. The number of aryl methyl sites for hydroxylation is 1. The molecule has 0 amide bonds. The molecule has 0 spiro atoms. The Balaban J connectivity index is 1.04. The highest BCUT2D eigenvalue weighted by Crippen LogP contribution is 2.41. The molecule has 0 saturated carbocycles. The normalized spacial score (nSPS) is 34.8. The van der Waals surface area contributed by atoms with Crippen molar-refractivity contribution in [3.63, 3.8) is 0 Å². The van der Waals surface area contributed by atoms with Gasteiger partial charge in [-0.25, -0.2) is 0 Å². The van der Waals surface area contributed by atoms with Crippen LogP contribution in [0.15, 0.2) is 42.5 Å². The van der Waals surface area contributed by atoms with Crippen molar-refractivity contribution in [3.05, 3.63) is 70.3 Å². The third kappa shape index (κ3) is 6.36. The van der Waals surface area contributed by atoms with Crippen LogP contribution in [0.2, 0.25) is 0 Å². The lowest BCUT2D eigenvalue weighted by molar-refractivity contribution is -0.323. The lowest BCUT2D eigenvalue weighted by Crippen LogP contribution is -2.55. The maximum atomic E-state index is 13.9. The molecule has 3 saturated heterocycles. The van der Waals surface area contributed by atoms with Crippen LogP contribution in [-0.4, -0.2) is 99.7 Å². The van der Waals surface area contributed by atoms with Crippen molar-refractivity contribution in [2.45, 2.75) is 121 Å². The molecule has 49 heavy (non-hydrogen) atoms. The van der Waals surface area contributed by atoms with E-state index in [2.05, 4.69) is 0 Å². The van der Waals surface area contributed by atoms with Gasteiger partial charge in [0.1, 0.15) is 23.7 Å². The summed E-state index contributed by atoms with van der Waals surface area (Å²) in [6.45, 7) is 7.05. The lowest BCUT2D eigenvalue weighted by Gasteiger charge is -2.44. The molecule has 0 bridgehead atoms. The van der Waals surface area contributed by atoms with Gasteiger partial charge in [-0.3, -0.25) is 9.59 Å². The minimum Gasteiger partial charge on any atom is -0.507 e. The highest BCUT2D eigenvalue weighted by molar-refractivity contribution is 6.33. The first-order valence-corrected chi connectivity index (χ1v) is 16.9. The minimum atomic E-state index is -1.04. The number of rotatable bonds is 6. The first-order valence-electron chi connectivity index (χ1n) is 16.9. The number of aliphatic hydroxyl groups is 3. The molecule has 1 aliphatic carbocycles. The average molecular weight is 679 g/mol. The number of ether oxygens (including phenoxy) is 6. The summed E-state index contributed by atoms with van der Waals surface area (Å²) in [7, 11) is 0. The molecule has 12 heteroatoms. The molecule has 3 aromatic rings. The summed E-state index contributed by atoms with van der Waals surface area (Å²) in [4.78, 5) is 27.7. The molecule has 4 aliphatic rings. The maximum absolute atomic E-state index is 13.9. The van der Waals surface area contributed by atoms with E-state index in [0.717, 1.165) is 5.56 Å². The first kappa shape index (κ1) is 34.0. The molecular formula is C37H42O12. The number of benzene rings is 3. The molecule has 7 rings (SSSR count). The number of aliphatic hydroxyl groups excluding tert-OH is 3. The number of carbonyl (C=O) groups excluding carboxylic acids is 2. The number of hydrogen-bond donors (Lipinski definition) is 4. The van der Waals surface area contributed by atoms with Gasteiger partial charge in [-0.1, -0.05) is 24.3 Å². The summed E-state index contributed by atoms with van der Waals surface area (Å²) < 4.78 is 36.3. The summed E-state index contributed by atoms with van der Waals surface area (Å²) in [5.74, 6) is -0.745. The van der Waals surface area contributed by atoms with E-state index in [4.69, 9.17) is 28.4 Å². The van der Waals surface area contributed by atoms with Crippen LogP contribution in [0.25, 0.3) is 10.8 Å².